The number of carbonyl (C=O) groups is 1. The van der Waals surface area contributed by atoms with E-state index in [1.165, 1.54) is 0 Å². The molecular formula is C20H20N2O2. The fourth-order valence-electron chi connectivity index (χ4n) is 2.53. The molecule has 0 aliphatic rings. The van der Waals surface area contributed by atoms with Gasteiger partial charge in [0.1, 0.15) is 5.75 Å². The Morgan fingerprint density at radius 1 is 1.08 bits per heavy atom. The van der Waals surface area contributed by atoms with Crippen molar-refractivity contribution in [2.75, 3.05) is 0 Å². The second kappa shape index (κ2) is 7.59. The molecule has 0 aliphatic carbocycles. The highest BCUT2D eigenvalue weighted by Crippen LogP contribution is 2.22. The van der Waals surface area contributed by atoms with Crippen molar-refractivity contribution >= 4 is 16.7 Å². The Morgan fingerprint density at radius 3 is 2.58 bits per heavy atom. The van der Waals surface area contributed by atoms with Crippen molar-refractivity contribution in [2.24, 2.45) is 0 Å². The summed E-state index contributed by atoms with van der Waals surface area (Å²) in [6.45, 7) is 2.41. The summed E-state index contributed by atoms with van der Waals surface area (Å²) in [6, 6.07) is 17.7. The Kier molecular flexibility index (Phi) is 5.06. The maximum absolute atomic E-state index is 12.4. The Labute approximate surface area is 141 Å². The smallest absolute Gasteiger partial charge is 0.261 e. The number of ether oxygens (including phenoxy) is 1. The lowest BCUT2D eigenvalue weighted by Crippen LogP contribution is -2.37. The molecule has 24 heavy (non-hydrogen) atoms. The van der Waals surface area contributed by atoms with Crippen LogP contribution in [-0.2, 0) is 11.3 Å². The van der Waals surface area contributed by atoms with Gasteiger partial charge in [0.05, 0.1) is 0 Å². The van der Waals surface area contributed by atoms with Gasteiger partial charge in [-0.15, -0.1) is 0 Å². The third-order valence-electron chi connectivity index (χ3n) is 3.88. The first-order valence-corrected chi connectivity index (χ1v) is 8.08. The number of nitrogens with zero attached hydrogens (tertiary/aromatic N) is 1. The molecule has 3 aromatic rings. The topological polar surface area (TPSA) is 51.2 Å². The molecule has 0 radical (unpaired) electrons. The van der Waals surface area contributed by atoms with Gasteiger partial charge in [-0.3, -0.25) is 9.78 Å². The Balaban J connectivity index is 1.65. The predicted molar refractivity (Wildman–Crippen MR) is 94.7 cm³/mol. The van der Waals surface area contributed by atoms with Crippen LogP contribution in [-0.4, -0.2) is 17.0 Å². The van der Waals surface area contributed by atoms with Gasteiger partial charge >= 0.3 is 0 Å². The molecule has 1 amide bonds. The molecule has 0 saturated carbocycles. The third kappa shape index (κ3) is 3.90. The van der Waals surface area contributed by atoms with E-state index in [2.05, 4.69) is 16.4 Å². The lowest BCUT2D eigenvalue weighted by Gasteiger charge is -2.17. The number of pyridine rings is 1. The van der Waals surface area contributed by atoms with Gasteiger partial charge in [0, 0.05) is 18.9 Å². The van der Waals surface area contributed by atoms with E-state index < -0.39 is 6.10 Å². The summed E-state index contributed by atoms with van der Waals surface area (Å²) < 4.78 is 5.90. The van der Waals surface area contributed by atoms with Crippen molar-refractivity contribution in [1.29, 1.82) is 0 Å². The minimum Gasteiger partial charge on any atom is -0.481 e. The van der Waals surface area contributed by atoms with Crippen LogP contribution in [0, 0.1) is 0 Å². The normalized spacial score (nSPS) is 11.9. The maximum Gasteiger partial charge on any atom is 0.261 e. The van der Waals surface area contributed by atoms with E-state index in [1.807, 2.05) is 55.5 Å². The van der Waals surface area contributed by atoms with E-state index in [9.17, 15) is 4.79 Å². The molecule has 4 nitrogen and oxygen atoms in total. The van der Waals surface area contributed by atoms with E-state index in [0.717, 1.165) is 16.3 Å². The average molecular weight is 320 g/mol. The van der Waals surface area contributed by atoms with Crippen LogP contribution in [0.1, 0.15) is 18.9 Å². The standard InChI is InChI=1S/C20H20N2O2/c1-2-19(20(23)22-14-15-9-11-21-12-10-15)24-18-8-7-16-5-3-4-6-17(16)13-18/h3-13,19H,2,14H2,1H3,(H,22,23)/t19-/m1/s1. The fourth-order valence-corrected chi connectivity index (χ4v) is 2.53. The Bertz CT molecular complexity index is 818. The van der Waals surface area contributed by atoms with Crippen molar-refractivity contribution in [2.45, 2.75) is 26.0 Å². The Hall–Kier alpha value is -2.88. The molecule has 0 fully saturated rings. The van der Waals surface area contributed by atoms with Gasteiger partial charge in [0.2, 0.25) is 0 Å². The van der Waals surface area contributed by atoms with Crippen LogP contribution in [0.5, 0.6) is 5.75 Å². The number of fused-ring (bicyclic) bond motifs is 1. The molecular weight excluding hydrogens is 300 g/mol. The molecule has 1 atom stereocenters. The van der Waals surface area contributed by atoms with Gasteiger partial charge < -0.3 is 10.1 Å². The molecule has 0 aliphatic heterocycles. The van der Waals surface area contributed by atoms with Crippen LogP contribution >= 0.6 is 0 Å². The number of carbonyl (C=O) groups excluding carboxylic acids is 1. The third-order valence-corrected chi connectivity index (χ3v) is 3.88. The average Bonchev–Trinajstić information content (AvgIpc) is 2.65. The molecule has 122 valence electrons. The van der Waals surface area contributed by atoms with Crippen LogP contribution < -0.4 is 10.1 Å². The zero-order valence-electron chi connectivity index (χ0n) is 13.6. The van der Waals surface area contributed by atoms with E-state index in [0.29, 0.717) is 18.7 Å². The number of rotatable bonds is 6. The first-order valence-electron chi connectivity index (χ1n) is 8.08. The van der Waals surface area contributed by atoms with Gasteiger partial charge in [-0.05, 0) is 47.0 Å². The number of amides is 1. The van der Waals surface area contributed by atoms with Crippen molar-refractivity contribution in [3.8, 4) is 5.75 Å². The summed E-state index contributed by atoms with van der Waals surface area (Å²) in [5.74, 6) is 0.599. The van der Waals surface area contributed by atoms with Gasteiger partial charge in [0.25, 0.3) is 5.91 Å². The molecule has 4 heteroatoms. The number of hydrogen-bond donors (Lipinski definition) is 1. The van der Waals surface area contributed by atoms with Crippen LogP contribution in [0.3, 0.4) is 0 Å². The second-order valence-corrected chi connectivity index (χ2v) is 5.60. The number of aromatic nitrogens is 1. The minimum atomic E-state index is -0.506. The monoisotopic (exact) mass is 320 g/mol. The van der Waals surface area contributed by atoms with Gasteiger partial charge in [0.15, 0.2) is 6.10 Å². The van der Waals surface area contributed by atoms with Crippen molar-refractivity contribution in [3.63, 3.8) is 0 Å². The number of nitrogens with one attached hydrogen (secondary N) is 1. The summed E-state index contributed by atoms with van der Waals surface area (Å²) in [5.41, 5.74) is 1.01. The predicted octanol–water partition coefficient (Wildman–Crippen LogP) is 3.71. The summed E-state index contributed by atoms with van der Waals surface area (Å²) in [6.07, 6.45) is 3.53. The van der Waals surface area contributed by atoms with E-state index in [1.54, 1.807) is 12.4 Å². The van der Waals surface area contributed by atoms with Crippen LogP contribution in [0.2, 0.25) is 0 Å². The van der Waals surface area contributed by atoms with Crippen LogP contribution in [0.25, 0.3) is 10.8 Å². The molecule has 0 saturated heterocycles. The fraction of sp³-hybridized carbons (Fsp3) is 0.200. The summed E-state index contributed by atoms with van der Waals surface area (Å²) in [4.78, 5) is 16.3. The lowest BCUT2D eigenvalue weighted by atomic mass is 10.1. The maximum atomic E-state index is 12.4. The first kappa shape index (κ1) is 16.0. The summed E-state index contributed by atoms with van der Waals surface area (Å²) in [5, 5.41) is 5.17. The quantitative estimate of drug-likeness (QED) is 0.753. The molecule has 2 aromatic carbocycles. The Morgan fingerprint density at radius 2 is 1.83 bits per heavy atom. The van der Waals surface area contributed by atoms with Crippen molar-refractivity contribution < 1.29 is 9.53 Å². The van der Waals surface area contributed by atoms with Crippen molar-refractivity contribution in [3.05, 3.63) is 72.6 Å². The molecule has 3 rings (SSSR count). The van der Waals surface area contributed by atoms with E-state index in [-0.39, 0.29) is 5.91 Å². The lowest BCUT2D eigenvalue weighted by molar-refractivity contribution is -0.128. The van der Waals surface area contributed by atoms with E-state index in [4.69, 9.17) is 4.74 Å². The highest BCUT2D eigenvalue weighted by Gasteiger charge is 2.18. The molecule has 0 bridgehead atoms. The van der Waals surface area contributed by atoms with Crippen LogP contribution in [0.15, 0.2) is 67.0 Å². The number of benzene rings is 2. The number of hydrogen-bond acceptors (Lipinski definition) is 3. The van der Waals surface area contributed by atoms with Crippen LogP contribution in [0.4, 0.5) is 0 Å². The molecule has 1 aromatic heterocycles. The van der Waals surface area contributed by atoms with Gasteiger partial charge in [-0.25, -0.2) is 0 Å². The summed E-state index contributed by atoms with van der Waals surface area (Å²) in [7, 11) is 0. The first-order chi connectivity index (χ1) is 11.8. The highest BCUT2D eigenvalue weighted by atomic mass is 16.5. The summed E-state index contributed by atoms with van der Waals surface area (Å²) >= 11 is 0. The molecule has 1 heterocycles. The zero-order chi connectivity index (χ0) is 16.8. The SMILES string of the molecule is CC[C@@H](Oc1ccc2ccccc2c1)C(=O)NCc1ccncc1. The minimum absolute atomic E-state index is 0.109. The molecule has 0 spiro atoms. The molecule has 0 unspecified atom stereocenters. The largest absolute Gasteiger partial charge is 0.481 e. The zero-order valence-corrected chi connectivity index (χ0v) is 13.6. The highest BCUT2D eigenvalue weighted by molar-refractivity contribution is 5.84. The van der Waals surface area contributed by atoms with Gasteiger partial charge in [-0.2, -0.15) is 0 Å². The second-order valence-electron chi connectivity index (χ2n) is 5.60. The van der Waals surface area contributed by atoms with Crippen molar-refractivity contribution in [1.82, 2.24) is 10.3 Å². The van der Waals surface area contributed by atoms with E-state index >= 15 is 0 Å². The van der Waals surface area contributed by atoms with Gasteiger partial charge in [-0.1, -0.05) is 37.3 Å². The molecule has 1 N–H and O–H groups in total.